The topological polar surface area (TPSA) is 0 Å². The molecular weight excluding hydrogens is 255 g/mol. The molecule has 0 saturated carbocycles. The Hall–Kier alpha value is -0.480. The minimum Gasteiger partial charge on any atom is -0.203 e. The van der Waals surface area contributed by atoms with Gasteiger partial charge in [0.05, 0.1) is 5.02 Å². The van der Waals surface area contributed by atoms with Crippen LogP contribution in [0.4, 0.5) is 17.6 Å². The molecule has 0 amide bonds. The maximum atomic E-state index is 13.0. The number of halogens is 6. The minimum absolute atomic E-state index is 0.0188. The van der Waals surface area contributed by atoms with E-state index in [1.54, 1.807) is 6.92 Å². The quantitative estimate of drug-likeness (QED) is 0.679. The van der Waals surface area contributed by atoms with Crippen LogP contribution < -0.4 is 0 Å². The second kappa shape index (κ2) is 4.18. The van der Waals surface area contributed by atoms with E-state index >= 15 is 0 Å². The average Bonchev–Trinajstić information content (AvgIpc) is 2.10. The zero-order chi connectivity index (χ0) is 11.8. The van der Waals surface area contributed by atoms with Crippen molar-refractivity contribution in [2.24, 2.45) is 0 Å². The maximum absolute atomic E-state index is 13.0. The van der Waals surface area contributed by atoms with Crippen LogP contribution >= 0.6 is 23.2 Å². The number of rotatable bonds is 2. The molecule has 0 aromatic heterocycles. The van der Waals surface area contributed by atoms with E-state index in [1.165, 1.54) is 0 Å². The highest BCUT2D eigenvalue weighted by atomic mass is 35.5. The summed E-state index contributed by atoms with van der Waals surface area (Å²) in [5, 5.41) is -0.433. The van der Waals surface area contributed by atoms with Gasteiger partial charge in [-0.3, -0.25) is 0 Å². The molecular formula is C9H6Cl2F4. The molecule has 1 aromatic rings. The second-order valence-corrected chi connectivity index (χ2v) is 3.82. The van der Waals surface area contributed by atoms with Crippen molar-refractivity contribution >= 4 is 23.2 Å². The van der Waals surface area contributed by atoms with Crippen molar-refractivity contribution in [2.45, 2.75) is 19.3 Å². The highest BCUT2D eigenvalue weighted by Gasteiger charge is 2.44. The van der Waals surface area contributed by atoms with E-state index in [4.69, 9.17) is 23.2 Å². The largest absolute Gasteiger partial charge is 0.334 e. The molecule has 15 heavy (non-hydrogen) atoms. The Morgan fingerprint density at radius 2 is 1.67 bits per heavy atom. The monoisotopic (exact) mass is 260 g/mol. The van der Waals surface area contributed by atoms with E-state index in [2.05, 4.69) is 0 Å². The van der Waals surface area contributed by atoms with Crippen LogP contribution in [0.1, 0.15) is 11.1 Å². The Morgan fingerprint density at radius 3 is 2.13 bits per heavy atom. The average molecular weight is 261 g/mol. The number of alkyl halides is 4. The molecule has 0 nitrogen and oxygen atoms in total. The first kappa shape index (κ1) is 12.6. The van der Waals surface area contributed by atoms with Crippen LogP contribution in [0.5, 0.6) is 0 Å². The smallest absolute Gasteiger partial charge is 0.203 e. The summed E-state index contributed by atoms with van der Waals surface area (Å²) < 4.78 is 50.0. The van der Waals surface area contributed by atoms with Gasteiger partial charge in [0.25, 0.3) is 0 Å². The predicted octanol–water partition coefficient (Wildman–Crippen LogP) is 4.66. The molecule has 0 atom stereocenters. The Labute approximate surface area is 93.8 Å². The molecule has 6 heteroatoms. The van der Waals surface area contributed by atoms with Crippen LogP contribution in [0.15, 0.2) is 12.1 Å². The van der Waals surface area contributed by atoms with Gasteiger partial charge < -0.3 is 0 Å². The van der Waals surface area contributed by atoms with Crippen molar-refractivity contribution in [3.05, 3.63) is 33.3 Å². The van der Waals surface area contributed by atoms with Gasteiger partial charge in [0.2, 0.25) is 0 Å². The van der Waals surface area contributed by atoms with Gasteiger partial charge in [0.15, 0.2) is 0 Å². The van der Waals surface area contributed by atoms with Crippen molar-refractivity contribution in [3.8, 4) is 0 Å². The third-order valence-electron chi connectivity index (χ3n) is 1.88. The third-order valence-corrected chi connectivity index (χ3v) is 2.60. The first-order valence-corrected chi connectivity index (χ1v) is 4.64. The van der Waals surface area contributed by atoms with E-state index in [0.29, 0.717) is 5.56 Å². The molecule has 0 N–H and O–H groups in total. The summed E-state index contributed by atoms with van der Waals surface area (Å²) in [6, 6.07) is 1.90. The Balaban J connectivity index is 3.32. The fourth-order valence-corrected chi connectivity index (χ4v) is 1.53. The summed E-state index contributed by atoms with van der Waals surface area (Å²) in [6.07, 6.45) is -3.81. The fourth-order valence-electron chi connectivity index (χ4n) is 1.02. The lowest BCUT2D eigenvalue weighted by molar-refractivity contribution is -0.135. The standard InChI is InChI=1S/C9H6Cl2F4/c1-4-2-7(11)5(3-6(4)10)9(14,15)8(12)13/h2-3,8H,1H3. The molecule has 0 aliphatic heterocycles. The summed E-state index contributed by atoms with van der Waals surface area (Å²) in [6.45, 7) is 1.54. The molecule has 0 aliphatic carbocycles. The zero-order valence-corrected chi connectivity index (χ0v) is 9.01. The minimum atomic E-state index is -4.28. The number of aryl methyl sites for hydroxylation is 1. The van der Waals surface area contributed by atoms with Crippen LogP contribution in [0.3, 0.4) is 0 Å². The molecule has 0 fully saturated rings. The zero-order valence-electron chi connectivity index (χ0n) is 7.50. The van der Waals surface area contributed by atoms with E-state index < -0.39 is 22.9 Å². The lowest BCUT2D eigenvalue weighted by Gasteiger charge is -2.17. The van der Waals surface area contributed by atoms with Gasteiger partial charge in [0, 0.05) is 10.6 Å². The molecule has 0 unspecified atom stereocenters. The molecule has 0 spiro atoms. The summed E-state index contributed by atoms with van der Waals surface area (Å²) in [7, 11) is 0. The second-order valence-electron chi connectivity index (χ2n) is 3.00. The summed E-state index contributed by atoms with van der Waals surface area (Å²) in [5.74, 6) is -4.28. The highest BCUT2D eigenvalue weighted by molar-refractivity contribution is 6.34. The summed E-state index contributed by atoms with van der Waals surface area (Å²) >= 11 is 11.0. The van der Waals surface area contributed by atoms with Crippen molar-refractivity contribution < 1.29 is 17.6 Å². The van der Waals surface area contributed by atoms with E-state index in [0.717, 1.165) is 12.1 Å². The molecule has 1 aromatic carbocycles. The van der Waals surface area contributed by atoms with Crippen molar-refractivity contribution in [1.29, 1.82) is 0 Å². The van der Waals surface area contributed by atoms with E-state index in [-0.39, 0.29) is 5.02 Å². The SMILES string of the molecule is Cc1cc(Cl)c(C(F)(F)C(F)F)cc1Cl. The summed E-state index contributed by atoms with van der Waals surface area (Å²) in [5.41, 5.74) is -0.495. The fraction of sp³-hybridized carbons (Fsp3) is 0.333. The normalized spacial score (nSPS) is 12.3. The summed E-state index contributed by atoms with van der Waals surface area (Å²) in [4.78, 5) is 0. The molecule has 0 radical (unpaired) electrons. The number of hydrogen-bond acceptors (Lipinski definition) is 0. The van der Waals surface area contributed by atoms with Gasteiger partial charge >= 0.3 is 12.3 Å². The van der Waals surface area contributed by atoms with Crippen LogP contribution in [0.25, 0.3) is 0 Å². The van der Waals surface area contributed by atoms with E-state index in [1.807, 2.05) is 0 Å². The van der Waals surface area contributed by atoms with Gasteiger partial charge in [-0.15, -0.1) is 0 Å². The Bertz CT molecular complexity index is 377. The molecule has 0 saturated heterocycles. The van der Waals surface area contributed by atoms with Crippen molar-refractivity contribution in [1.82, 2.24) is 0 Å². The van der Waals surface area contributed by atoms with Crippen LogP contribution in [0.2, 0.25) is 10.0 Å². The van der Waals surface area contributed by atoms with Crippen LogP contribution in [-0.2, 0) is 5.92 Å². The molecule has 0 heterocycles. The molecule has 1 rings (SSSR count). The van der Waals surface area contributed by atoms with Gasteiger partial charge in [-0.1, -0.05) is 23.2 Å². The lowest BCUT2D eigenvalue weighted by atomic mass is 10.1. The van der Waals surface area contributed by atoms with Crippen LogP contribution in [0, 0.1) is 6.92 Å². The maximum Gasteiger partial charge on any atom is 0.334 e. The van der Waals surface area contributed by atoms with Gasteiger partial charge in [-0.2, -0.15) is 8.78 Å². The molecule has 0 bridgehead atoms. The number of hydrogen-bond donors (Lipinski definition) is 0. The van der Waals surface area contributed by atoms with Gasteiger partial charge in [0.1, 0.15) is 0 Å². The number of benzene rings is 1. The van der Waals surface area contributed by atoms with Crippen LogP contribution in [-0.4, -0.2) is 6.43 Å². The van der Waals surface area contributed by atoms with Crippen molar-refractivity contribution in [3.63, 3.8) is 0 Å². The van der Waals surface area contributed by atoms with E-state index in [9.17, 15) is 17.6 Å². The highest BCUT2D eigenvalue weighted by Crippen LogP contribution is 2.40. The first-order chi connectivity index (χ1) is 6.76. The Kier molecular flexibility index (Phi) is 3.51. The van der Waals surface area contributed by atoms with Gasteiger partial charge in [-0.25, -0.2) is 8.78 Å². The third kappa shape index (κ3) is 2.37. The predicted molar refractivity (Wildman–Crippen MR) is 51.1 cm³/mol. The molecule has 0 aliphatic rings. The van der Waals surface area contributed by atoms with Gasteiger partial charge in [-0.05, 0) is 24.6 Å². The first-order valence-electron chi connectivity index (χ1n) is 3.89. The molecule has 84 valence electrons. The van der Waals surface area contributed by atoms with Crippen molar-refractivity contribution in [2.75, 3.05) is 0 Å². The Morgan fingerprint density at radius 1 is 1.13 bits per heavy atom. The lowest BCUT2D eigenvalue weighted by Crippen LogP contribution is -2.24.